The van der Waals surface area contributed by atoms with Crippen LogP contribution in [-0.4, -0.2) is 58.0 Å². The van der Waals surface area contributed by atoms with Gasteiger partial charge >= 0.3 is 0 Å². The van der Waals surface area contributed by atoms with Gasteiger partial charge in [0.1, 0.15) is 11.6 Å². The maximum absolute atomic E-state index is 13.6. The van der Waals surface area contributed by atoms with Crippen LogP contribution in [0.5, 0.6) is 0 Å². The highest BCUT2D eigenvalue weighted by molar-refractivity contribution is 6.00. The maximum atomic E-state index is 13.6. The van der Waals surface area contributed by atoms with Crippen molar-refractivity contribution >= 4 is 17.7 Å². The van der Waals surface area contributed by atoms with E-state index in [2.05, 4.69) is 10.6 Å². The predicted octanol–water partition coefficient (Wildman–Crippen LogP) is 1.91. The quantitative estimate of drug-likeness (QED) is 0.684. The van der Waals surface area contributed by atoms with Gasteiger partial charge in [-0.1, -0.05) is 31.4 Å². The summed E-state index contributed by atoms with van der Waals surface area (Å²) < 4.78 is 6.31. The van der Waals surface area contributed by atoms with Crippen LogP contribution in [0.15, 0.2) is 12.2 Å². The molecule has 7 heteroatoms. The third-order valence-corrected chi connectivity index (χ3v) is 6.87. The molecule has 4 rings (SSSR count). The summed E-state index contributed by atoms with van der Waals surface area (Å²) >= 11 is 0. The molecule has 1 saturated carbocycles. The normalized spacial score (nSPS) is 35.8. The van der Waals surface area contributed by atoms with Gasteiger partial charge < -0.3 is 20.3 Å². The molecule has 166 valence electrons. The number of fused-ring (bicyclic) bond motifs is 1. The van der Waals surface area contributed by atoms with E-state index < -0.39 is 35.1 Å². The zero-order valence-electron chi connectivity index (χ0n) is 18.7. The van der Waals surface area contributed by atoms with E-state index in [1.165, 1.54) is 6.42 Å². The third kappa shape index (κ3) is 3.35. The molecule has 0 radical (unpaired) electrons. The highest BCUT2D eigenvalue weighted by Crippen LogP contribution is 2.55. The number of likely N-dealkylation sites (tertiary alicyclic amines) is 1. The fourth-order valence-electron chi connectivity index (χ4n) is 5.74. The van der Waals surface area contributed by atoms with Gasteiger partial charge in [-0.3, -0.25) is 14.4 Å². The molecule has 0 aromatic heterocycles. The van der Waals surface area contributed by atoms with Gasteiger partial charge in [0, 0.05) is 17.6 Å². The van der Waals surface area contributed by atoms with Crippen molar-refractivity contribution in [3.8, 4) is 0 Å². The standard InChI is InChI=1S/C23H35N3O4/c1-13(2)26-18(20(28)25-22(3,4)5)23-12-11-15(30-23)16(17(23)21(26)29)19(27)24-14-9-7-6-8-10-14/h11-18H,6-10H2,1-5H3,(H,24,27)(H,25,28)/t15-,16+,17-,18+,23+/m1/s1. The van der Waals surface area contributed by atoms with Gasteiger partial charge in [0.15, 0.2) is 0 Å². The Kier molecular flexibility index (Phi) is 5.24. The number of nitrogens with zero attached hydrogens (tertiary/aromatic N) is 1. The predicted molar refractivity (Wildman–Crippen MR) is 112 cm³/mol. The van der Waals surface area contributed by atoms with Crippen molar-refractivity contribution in [3.05, 3.63) is 12.2 Å². The second-order valence-electron chi connectivity index (χ2n) is 10.6. The van der Waals surface area contributed by atoms with E-state index in [0.29, 0.717) is 0 Å². The smallest absolute Gasteiger partial charge is 0.246 e. The average molecular weight is 418 g/mol. The Labute approximate surface area is 179 Å². The number of carbonyl (C=O) groups is 3. The van der Waals surface area contributed by atoms with Gasteiger partial charge in [-0.05, 0) is 47.5 Å². The number of rotatable bonds is 4. The van der Waals surface area contributed by atoms with Crippen LogP contribution in [0.2, 0.25) is 0 Å². The summed E-state index contributed by atoms with van der Waals surface area (Å²) in [4.78, 5) is 41.8. The van der Waals surface area contributed by atoms with Crippen molar-refractivity contribution in [1.82, 2.24) is 15.5 Å². The SMILES string of the molecule is CC(C)N1C(=O)[C@H]2[C@@H](C(=O)NC3CCCCC3)[C@H]3C=C[C@@]2(O3)[C@@H]1C(=O)NC(C)(C)C. The molecule has 2 saturated heterocycles. The van der Waals surface area contributed by atoms with Crippen molar-refractivity contribution < 1.29 is 19.1 Å². The van der Waals surface area contributed by atoms with Crippen LogP contribution in [0.4, 0.5) is 0 Å². The summed E-state index contributed by atoms with van der Waals surface area (Å²) in [5, 5.41) is 6.20. The Hall–Kier alpha value is -1.89. The first-order valence-electron chi connectivity index (χ1n) is 11.4. The molecule has 3 aliphatic heterocycles. The number of nitrogens with one attached hydrogen (secondary N) is 2. The van der Waals surface area contributed by atoms with Gasteiger partial charge in [-0.15, -0.1) is 0 Å². The van der Waals surface area contributed by atoms with Gasteiger partial charge in [0.2, 0.25) is 17.7 Å². The highest BCUT2D eigenvalue weighted by Gasteiger charge is 2.73. The maximum Gasteiger partial charge on any atom is 0.246 e. The second-order valence-corrected chi connectivity index (χ2v) is 10.6. The van der Waals surface area contributed by atoms with Crippen molar-refractivity contribution in [2.24, 2.45) is 11.8 Å². The first-order chi connectivity index (χ1) is 14.0. The van der Waals surface area contributed by atoms with Gasteiger partial charge in [0.05, 0.1) is 17.9 Å². The average Bonchev–Trinajstić information content (AvgIpc) is 3.28. The van der Waals surface area contributed by atoms with E-state index in [1.54, 1.807) is 4.90 Å². The number of ether oxygens (including phenoxy) is 1. The monoisotopic (exact) mass is 417 g/mol. The molecule has 0 aromatic carbocycles. The van der Waals surface area contributed by atoms with Gasteiger partial charge in [-0.25, -0.2) is 0 Å². The van der Waals surface area contributed by atoms with E-state index in [-0.39, 0.29) is 29.8 Å². The molecule has 0 aromatic rings. The molecule has 1 aliphatic carbocycles. The first-order valence-corrected chi connectivity index (χ1v) is 11.4. The molecule has 5 atom stereocenters. The van der Waals surface area contributed by atoms with Crippen LogP contribution in [0, 0.1) is 11.8 Å². The molecule has 30 heavy (non-hydrogen) atoms. The molecular weight excluding hydrogens is 382 g/mol. The summed E-state index contributed by atoms with van der Waals surface area (Å²) in [7, 11) is 0. The molecule has 7 nitrogen and oxygen atoms in total. The lowest BCUT2D eigenvalue weighted by molar-refractivity contribution is -0.144. The molecule has 4 aliphatic rings. The fraction of sp³-hybridized carbons (Fsp3) is 0.783. The van der Waals surface area contributed by atoms with Crippen molar-refractivity contribution in [3.63, 3.8) is 0 Å². The molecule has 3 heterocycles. The van der Waals surface area contributed by atoms with E-state index in [4.69, 9.17) is 4.74 Å². The lowest BCUT2D eigenvalue weighted by Gasteiger charge is -2.36. The van der Waals surface area contributed by atoms with Crippen LogP contribution < -0.4 is 10.6 Å². The molecule has 2 N–H and O–H groups in total. The summed E-state index contributed by atoms with van der Waals surface area (Å²) in [6.07, 6.45) is 8.70. The topological polar surface area (TPSA) is 87.7 Å². The lowest BCUT2D eigenvalue weighted by atomic mass is 9.74. The van der Waals surface area contributed by atoms with Crippen LogP contribution in [0.1, 0.15) is 66.7 Å². The molecule has 2 bridgehead atoms. The van der Waals surface area contributed by atoms with Gasteiger partial charge in [0.25, 0.3) is 0 Å². The number of carbonyl (C=O) groups excluding carboxylic acids is 3. The summed E-state index contributed by atoms with van der Waals surface area (Å²) in [5.74, 6) is -1.75. The van der Waals surface area contributed by atoms with Crippen LogP contribution in [0.3, 0.4) is 0 Å². The minimum atomic E-state index is -1.07. The second kappa shape index (κ2) is 7.36. The van der Waals surface area contributed by atoms with E-state index in [9.17, 15) is 14.4 Å². The number of amides is 3. The van der Waals surface area contributed by atoms with Crippen LogP contribution in [0.25, 0.3) is 0 Å². The van der Waals surface area contributed by atoms with E-state index in [1.807, 2.05) is 46.8 Å². The van der Waals surface area contributed by atoms with Crippen LogP contribution in [-0.2, 0) is 19.1 Å². The highest BCUT2D eigenvalue weighted by atomic mass is 16.5. The number of hydrogen-bond acceptors (Lipinski definition) is 4. The Morgan fingerprint density at radius 2 is 1.83 bits per heavy atom. The minimum absolute atomic E-state index is 0.114. The van der Waals surface area contributed by atoms with E-state index >= 15 is 0 Å². The van der Waals surface area contributed by atoms with Crippen molar-refractivity contribution in [2.45, 2.75) is 102 Å². The summed E-state index contributed by atoms with van der Waals surface area (Å²) in [6.45, 7) is 9.56. The third-order valence-electron chi connectivity index (χ3n) is 6.87. The molecule has 3 fully saturated rings. The van der Waals surface area contributed by atoms with Crippen molar-refractivity contribution in [2.75, 3.05) is 0 Å². The Balaban J connectivity index is 1.64. The number of hydrogen-bond donors (Lipinski definition) is 2. The molecule has 1 spiro atoms. The molecule has 0 unspecified atom stereocenters. The summed E-state index contributed by atoms with van der Waals surface area (Å²) in [6, 6.07) is -0.780. The Morgan fingerprint density at radius 3 is 2.43 bits per heavy atom. The minimum Gasteiger partial charge on any atom is -0.359 e. The zero-order valence-corrected chi connectivity index (χ0v) is 18.7. The lowest BCUT2D eigenvalue weighted by Crippen LogP contribution is -2.59. The van der Waals surface area contributed by atoms with Gasteiger partial charge in [-0.2, -0.15) is 0 Å². The van der Waals surface area contributed by atoms with Crippen molar-refractivity contribution in [1.29, 1.82) is 0 Å². The molecule has 3 amide bonds. The fourth-order valence-corrected chi connectivity index (χ4v) is 5.74. The molecular formula is C23H35N3O4. The largest absolute Gasteiger partial charge is 0.359 e. The van der Waals surface area contributed by atoms with E-state index in [0.717, 1.165) is 25.7 Å². The Morgan fingerprint density at radius 1 is 1.17 bits per heavy atom. The summed E-state index contributed by atoms with van der Waals surface area (Å²) in [5.41, 5.74) is -1.51. The Bertz CT molecular complexity index is 765. The zero-order chi connectivity index (χ0) is 21.8. The first kappa shape index (κ1) is 21.3. The van der Waals surface area contributed by atoms with Crippen LogP contribution >= 0.6 is 0 Å².